The zero-order chi connectivity index (χ0) is 19.4. The van der Waals surface area contributed by atoms with Crippen LogP contribution in [0.5, 0.6) is 5.75 Å². The number of nitrogens with zero attached hydrogens (tertiary/aromatic N) is 1. The number of hydrogen-bond acceptors (Lipinski definition) is 3. The summed E-state index contributed by atoms with van der Waals surface area (Å²) in [5.41, 5.74) is 2.80. The van der Waals surface area contributed by atoms with Crippen molar-refractivity contribution in [1.82, 2.24) is 4.90 Å². The molecule has 2 unspecified atom stereocenters. The van der Waals surface area contributed by atoms with Gasteiger partial charge in [0.25, 0.3) is 0 Å². The van der Waals surface area contributed by atoms with E-state index in [1.165, 1.54) is 4.90 Å². The average Bonchev–Trinajstić information content (AvgIpc) is 2.70. The third kappa shape index (κ3) is 3.97. The zero-order valence-corrected chi connectivity index (χ0v) is 15.7. The number of carbonyl (C=O) groups is 2. The lowest BCUT2D eigenvalue weighted by atomic mass is 9.89. The van der Waals surface area contributed by atoms with Gasteiger partial charge in [0.2, 0.25) is 5.91 Å². The number of aliphatic carboxylic acids is 1. The molecule has 1 N–H and O–H groups in total. The molecule has 0 bridgehead atoms. The summed E-state index contributed by atoms with van der Waals surface area (Å²) in [5.74, 6) is -0.263. The Balaban J connectivity index is 1.80. The van der Waals surface area contributed by atoms with Crippen LogP contribution < -0.4 is 4.74 Å². The Labute approximate surface area is 159 Å². The molecule has 2 aromatic carbocycles. The Morgan fingerprint density at radius 1 is 1.19 bits per heavy atom. The lowest BCUT2D eigenvalue weighted by Crippen LogP contribution is -2.43. The summed E-state index contributed by atoms with van der Waals surface area (Å²) >= 11 is 0. The number of hydrogen-bond donors (Lipinski definition) is 1. The van der Waals surface area contributed by atoms with Gasteiger partial charge < -0.3 is 14.7 Å². The maximum Gasteiger partial charge on any atom is 0.331 e. The van der Waals surface area contributed by atoms with E-state index in [1.54, 1.807) is 7.11 Å². The van der Waals surface area contributed by atoms with Gasteiger partial charge in [-0.25, -0.2) is 4.79 Å². The van der Waals surface area contributed by atoms with Crippen LogP contribution in [0.3, 0.4) is 0 Å². The van der Waals surface area contributed by atoms with Gasteiger partial charge in [0, 0.05) is 13.0 Å². The molecular formula is C22H25NO4. The van der Waals surface area contributed by atoms with E-state index in [0.717, 1.165) is 28.9 Å². The predicted octanol–water partition coefficient (Wildman–Crippen LogP) is 3.79. The fourth-order valence-corrected chi connectivity index (χ4v) is 3.80. The van der Waals surface area contributed by atoms with Crippen LogP contribution in [0.15, 0.2) is 48.5 Å². The first-order valence-electron chi connectivity index (χ1n) is 9.29. The number of carboxylic acids is 1. The highest BCUT2D eigenvalue weighted by molar-refractivity contribution is 5.86. The van der Waals surface area contributed by atoms with Crippen molar-refractivity contribution in [2.45, 2.75) is 38.1 Å². The highest BCUT2D eigenvalue weighted by Gasteiger charge is 2.36. The van der Waals surface area contributed by atoms with Crippen molar-refractivity contribution in [2.24, 2.45) is 0 Å². The van der Waals surface area contributed by atoms with Crippen molar-refractivity contribution in [3.63, 3.8) is 0 Å². The maximum absolute atomic E-state index is 13.0. The fraction of sp³-hybridized carbons (Fsp3) is 0.364. The first-order chi connectivity index (χ1) is 13.0. The van der Waals surface area contributed by atoms with E-state index in [2.05, 4.69) is 0 Å². The van der Waals surface area contributed by atoms with E-state index in [4.69, 9.17) is 4.74 Å². The van der Waals surface area contributed by atoms with Crippen molar-refractivity contribution < 1.29 is 19.4 Å². The van der Waals surface area contributed by atoms with Crippen LogP contribution in [0, 0.1) is 0 Å². The molecule has 1 amide bonds. The molecule has 0 spiro atoms. The van der Waals surface area contributed by atoms with Gasteiger partial charge in [-0.2, -0.15) is 0 Å². The van der Waals surface area contributed by atoms with Crippen molar-refractivity contribution in [2.75, 3.05) is 13.7 Å². The third-order valence-electron chi connectivity index (χ3n) is 5.34. The quantitative estimate of drug-likeness (QED) is 0.843. The van der Waals surface area contributed by atoms with Crippen LogP contribution in [0.4, 0.5) is 0 Å². The topological polar surface area (TPSA) is 66.8 Å². The SMILES string of the molecule is CCC(CC(=O)N1CCc2ccccc2C1C(=O)O)c1ccc(OC)cc1. The third-order valence-corrected chi connectivity index (χ3v) is 5.34. The molecule has 0 aromatic heterocycles. The fourth-order valence-electron chi connectivity index (χ4n) is 3.80. The van der Waals surface area contributed by atoms with Crippen LogP contribution in [0.2, 0.25) is 0 Å². The number of ether oxygens (including phenoxy) is 1. The van der Waals surface area contributed by atoms with Crippen LogP contribution >= 0.6 is 0 Å². The Hall–Kier alpha value is -2.82. The summed E-state index contributed by atoms with van der Waals surface area (Å²) in [6.07, 6.45) is 1.79. The Morgan fingerprint density at radius 2 is 1.89 bits per heavy atom. The van der Waals surface area contributed by atoms with E-state index < -0.39 is 12.0 Å². The second-order valence-corrected chi connectivity index (χ2v) is 6.86. The lowest BCUT2D eigenvalue weighted by Gasteiger charge is -2.35. The van der Waals surface area contributed by atoms with E-state index in [9.17, 15) is 14.7 Å². The van der Waals surface area contributed by atoms with Crippen LogP contribution in [-0.2, 0) is 16.0 Å². The summed E-state index contributed by atoms with van der Waals surface area (Å²) in [6, 6.07) is 14.3. The molecule has 0 saturated carbocycles. The summed E-state index contributed by atoms with van der Waals surface area (Å²) < 4.78 is 5.19. The molecule has 1 aliphatic rings. The Kier molecular flexibility index (Phi) is 5.79. The first kappa shape index (κ1) is 19.0. The Morgan fingerprint density at radius 3 is 2.52 bits per heavy atom. The normalized spacial score (nSPS) is 17.1. The van der Waals surface area contributed by atoms with Gasteiger partial charge in [-0.15, -0.1) is 0 Å². The largest absolute Gasteiger partial charge is 0.497 e. The van der Waals surface area contributed by atoms with Gasteiger partial charge in [-0.3, -0.25) is 4.79 Å². The summed E-state index contributed by atoms with van der Waals surface area (Å²) in [5, 5.41) is 9.76. The molecule has 3 rings (SSSR count). The molecule has 142 valence electrons. The van der Waals surface area contributed by atoms with E-state index in [0.29, 0.717) is 19.4 Å². The number of fused-ring (bicyclic) bond motifs is 1. The number of carbonyl (C=O) groups excluding carboxylic acids is 1. The maximum atomic E-state index is 13.0. The zero-order valence-electron chi connectivity index (χ0n) is 15.7. The summed E-state index contributed by atoms with van der Waals surface area (Å²) in [4.78, 5) is 26.5. The molecule has 5 heteroatoms. The molecule has 0 fully saturated rings. The molecule has 0 radical (unpaired) electrons. The van der Waals surface area contributed by atoms with Gasteiger partial charge in [0.05, 0.1) is 7.11 Å². The van der Waals surface area contributed by atoms with Crippen LogP contribution in [0.1, 0.15) is 48.4 Å². The standard InChI is InChI=1S/C22H25NO4/c1-3-15(16-8-10-18(27-2)11-9-16)14-20(24)23-13-12-17-6-4-5-7-19(17)21(23)22(25)26/h4-11,15,21H,3,12-14H2,1-2H3,(H,25,26). The minimum atomic E-state index is -0.979. The van der Waals surface area contributed by atoms with Crippen LogP contribution in [-0.4, -0.2) is 35.5 Å². The lowest BCUT2D eigenvalue weighted by molar-refractivity contribution is -0.151. The Bertz CT molecular complexity index is 815. The highest BCUT2D eigenvalue weighted by Crippen LogP contribution is 2.33. The van der Waals surface area contributed by atoms with Gasteiger partial charge in [0.15, 0.2) is 6.04 Å². The first-order valence-corrected chi connectivity index (χ1v) is 9.29. The molecule has 27 heavy (non-hydrogen) atoms. The second-order valence-electron chi connectivity index (χ2n) is 6.86. The predicted molar refractivity (Wildman–Crippen MR) is 103 cm³/mol. The molecule has 2 atom stereocenters. The minimum absolute atomic E-state index is 0.0509. The summed E-state index contributed by atoms with van der Waals surface area (Å²) in [7, 11) is 1.62. The van der Waals surface area contributed by atoms with Crippen LogP contribution in [0.25, 0.3) is 0 Å². The number of rotatable bonds is 6. The number of amides is 1. The van der Waals surface area contributed by atoms with Crippen molar-refractivity contribution >= 4 is 11.9 Å². The van der Waals surface area contributed by atoms with E-state index >= 15 is 0 Å². The molecule has 1 aliphatic heterocycles. The van der Waals surface area contributed by atoms with Crippen molar-refractivity contribution in [1.29, 1.82) is 0 Å². The van der Waals surface area contributed by atoms with E-state index in [1.807, 2.05) is 55.5 Å². The molecule has 2 aromatic rings. The number of methoxy groups -OCH3 is 1. The molecule has 1 heterocycles. The van der Waals surface area contributed by atoms with Crippen molar-refractivity contribution in [3.8, 4) is 5.75 Å². The molecule has 0 saturated heterocycles. The van der Waals surface area contributed by atoms with E-state index in [-0.39, 0.29) is 11.8 Å². The molecule has 0 aliphatic carbocycles. The van der Waals surface area contributed by atoms with Gasteiger partial charge >= 0.3 is 5.97 Å². The summed E-state index contributed by atoms with van der Waals surface area (Å²) in [6.45, 7) is 2.48. The van der Waals surface area contributed by atoms with Gasteiger partial charge in [0.1, 0.15) is 5.75 Å². The van der Waals surface area contributed by atoms with Crippen molar-refractivity contribution in [3.05, 3.63) is 65.2 Å². The molecular weight excluding hydrogens is 342 g/mol. The smallest absolute Gasteiger partial charge is 0.331 e. The monoisotopic (exact) mass is 367 g/mol. The average molecular weight is 367 g/mol. The second kappa shape index (κ2) is 8.25. The highest BCUT2D eigenvalue weighted by atomic mass is 16.5. The van der Waals surface area contributed by atoms with Gasteiger partial charge in [-0.05, 0) is 47.6 Å². The van der Waals surface area contributed by atoms with Gasteiger partial charge in [-0.1, -0.05) is 43.3 Å². The molecule has 5 nitrogen and oxygen atoms in total. The number of benzene rings is 2. The minimum Gasteiger partial charge on any atom is -0.497 e. The number of carboxylic acid groups (broad SMARTS) is 1.